The van der Waals surface area contributed by atoms with Crippen LogP contribution in [0.2, 0.25) is 0 Å². The molecule has 0 saturated carbocycles. The molecule has 29 heavy (non-hydrogen) atoms. The van der Waals surface area contributed by atoms with Gasteiger partial charge in [0.25, 0.3) is 0 Å². The molecule has 1 heterocycles. The molecule has 0 radical (unpaired) electrons. The average molecular weight is 385 g/mol. The molecule has 0 unspecified atom stereocenters. The largest absolute Gasteiger partial charge is 0.364 e. The summed E-state index contributed by atoms with van der Waals surface area (Å²) in [6.45, 7) is 9.80. The zero-order chi connectivity index (χ0) is 20.2. The van der Waals surface area contributed by atoms with Crippen LogP contribution in [0.1, 0.15) is 35.1 Å². The summed E-state index contributed by atoms with van der Waals surface area (Å²) in [5, 5.41) is 3.50. The fourth-order valence-electron chi connectivity index (χ4n) is 4.42. The van der Waals surface area contributed by atoms with Crippen molar-refractivity contribution in [1.82, 2.24) is 5.32 Å². The molecule has 150 valence electrons. The molecular weight excluding hydrogens is 352 g/mol. The summed E-state index contributed by atoms with van der Waals surface area (Å²) in [6.07, 6.45) is 2.40. The summed E-state index contributed by atoms with van der Waals surface area (Å²) < 4.78 is 0. The van der Waals surface area contributed by atoms with E-state index in [1.54, 1.807) is 0 Å². The van der Waals surface area contributed by atoms with Gasteiger partial charge in [-0.15, -0.1) is 0 Å². The molecule has 1 aliphatic rings. The predicted octanol–water partition coefficient (Wildman–Crippen LogP) is 6.04. The summed E-state index contributed by atoms with van der Waals surface area (Å²) in [7, 11) is 0. The number of para-hydroxylation sites is 1. The molecule has 0 aromatic heterocycles. The second-order valence-corrected chi connectivity index (χ2v) is 8.38. The van der Waals surface area contributed by atoms with E-state index in [9.17, 15) is 0 Å². The quantitative estimate of drug-likeness (QED) is 0.577. The van der Waals surface area contributed by atoms with Crippen LogP contribution in [-0.4, -0.2) is 19.1 Å². The molecule has 0 spiro atoms. The third-order valence-electron chi connectivity index (χ3n) is 6.38. The Morgan fingerprint density at radius 2 is 1.48 bits per heavy atom. The summed E-state index contributed by atoms with van der Waals surface area (Å²) >= 11 is 0. The van der Waals surface area contributed by atoms with Gasteiger partial charge in [0.1, 0.15) is 0 Å². The maximum Gasteiger partial charge on any atom is 0.0432 e. The minimum absolute atomic E-state index is 0.589. The van der Waals surface area contributed by atoms with E-state index < -0.39 is 0 Å². The van der Waals surface area contributed by atoms with Crippen LogP contribution < -0.4 is 10.2 Å². The number of nitrogens with zero attached hydrogens (tertiary/aromatic N) is 1. The fourth-order valence-corrected chi connectivity index (χ4v) is 4.42. The Bertz CT molecular complexity index is 932. The SMILES string of the molecule is Cc1cc(-c2cccc(CN(c3ccccc3)C3CCNCC3)c2)cc(C)c1C. The number of nitrogens with one attached hydrogen (secondary N) is 1. The summed E-state index contributed by atoms with van der Waals surface area (Å²) in [4.78, 5) is 2.60. The van der Waals surface area contributed by atoms with E-state index in [4.69, 9.17) is 0 Å². The lowest BCUT2D eigenvalue weighted by molar-refractivity contribution is 0.428. The van der Waals surface area contributed by atoms with Crippen LogP contribution in [-0.2, 0) is 6.54 Å². The van der Waals surface area contributed by atoms with Crippen molar-refractivity contribution < 1.29 is 0 Å². The van der Waals surface area contributed by atoms with Crippen molar-refractivity contribution in [2.75, 3.05) is 18.0 Å². The van der Waals surface area contributed by atoms with E-state index in [0.717, 1.165) is 19.6 Å². The maximum absolute atomic E-state index is 3.50. The van der Waals surface area contributed by atoms with Crippen LogP contribution in [0, 0.1) is 20.8 Å². The topological polar surface area (TPSA) is 15.3 Å². The van der Waals surface area contributed by atoms with Crippen LogP contribution in [0.15, 0.2) is 66.7 Å². The molecule has 1 N–H and O–H groups in total. The van der Waals surface area contributed by atoms with E-state index in [1.807, 2.05) is 0 Å². The Hall–Kier alpha value is -2.58. The Labute approximate surface area is 175 Å². The van der Waals surface area contributed by atoms with Crippen molar-refractivity contribution in [3.8, 4) is 11.1 Å². The smallest absolute Gasteiger partial charge is 0.0432 e. The van der Waals surface area contributed by atoms with Gasteiger partial charge in [-0.1, -0.05) is 48.5 Å². The average Bonchev–Trinajstić information content (AvgIpc) is 2.77. The van der Waals surface area contributed by atoms with Crippen LogP contribution in [0.3, 0.4) is 0 Å². The van der Waals surface area contributed by atoms with Gasteiger partial charge >= 0.3 is 0 Å². The molecule has 3 aromatic rings. The molecule has 1 fully saturated rings. The molecule has 0 aliphatic carbocycles. The molecule has 1 aliphatic heterocycles. The zero-order valence-electron chi connectivity index (χ0n) is 17.9. The van der Waals surface area contributed by atoms with Gasteiger partial charge < -0.3 is 10.2 Å². The Morgan fingerprint density at radius 3 is 2.17 bits per heavy atom. The number of rotatable bonds is 5. The standard InChI is InChI=1S/C27H32N2/c1-20-16-25(17-21(2)22(20)3)24-9-7-8-23(18-24)19-29(26-10-5-4-6-11-26)27-12-14-28-15-13-27/h4-11,16-18,27-28H,12-15,19H2,1-3H3. The van der Waals surface area contributed by atoms with Gasteiger partial charge in [0.2, 0.25) is 0 Å². The highest BCUT2D eigenvalue weighted by atomic mass is 15.2. The number of piperidine rings is 1. The van der Waals surface area contributed by atoms with Crippen LogP contribution >= 0.6 is 0 Å². The van der Waals surface area contributed by atoms with E-state index >= 15 is 0 Å². The highest BCUT2D eigenvalue weighted by Gasteiger charge is 2.21. The summed E-state index contributed by atoms with van der Waals surface area (Å²) in [6, 6.07) is 25.2. The fraction of sp³-hybridized carbons (Fsp3) is 0.333. The predicted molar refractivity (Wildman–Crippen MR) is 125 cm³/mol. The normalized spacial score (nSPS) is 14.7. The number of hydrogen-bond donors (Lipinski definition) is 1. The second kappa shape index (κ2) is 8.84. The molecule has 2 nitrogen and oxygen atoms in total. The first kappa shape index (κ1) is 19.7. The Balaban J connectivity index is 1.64. The number of benzene rings is 3. The molecule has 0 amide bonds. The van der Waals surface area contributed by atoms with Crippen molar-refractivity contribution in [3.63, 3.8) is 0 Å². The molecule has 1 saturated heterocycles. The number of anilines is 1. The van der Waals surface area contributed by atoms with Gasteiger partial charge in [0.15, 0.2) is 0 Å². The van der Waals surface area contributed by atoms with E-state index in [0.29, 0.717) is 6.04 Å². The van der Waals surface area contributed by atoms with Crippen LogP contribution in [0.5, 0.6) is 0 Å². The highest BCUT2D eigenvalue weighted by Crippen LogP contribution is 2.28. The lowest BCUT2D eigenvalue weighted by Gasteiger charge is -2.36. The van der Waals surface area contributed by atoms with Gasteiger partial charge in [0, 0.05) is 18.3 Å². The second-order valence-electron chi connectivity index (χ2n) is 8.38. The highest BCUT2D eigenvalue weighted by molar-refractivity contribution is 5.67. The molecular formula is C27H32N2. The molecule has 0 bridgehead atoms. The van der Waals surface area contributed by atoms with Gasteiger partial charge in [0.05, 0.1) is 0 Å². The van der Waals surface area contributed by atoms with E-state index in [-0.39, 0.29) is 0 Å². The Morgan fingerprint density at radius 1 is 0.793 bits per heavy atom. The lowest BCUT2D eigenvalue weighted by atomic mass is 9.95. The van der Waals surface area contributed by atoms with Gasteiger partial charge in [-0.05, 0) is 98.3 Å². The molecule has 2 heteroatoms. The summed E-state index contributed by atoms with van der Waals surface area (Å²) in [5.74, 6) is 0. The van der Waals surface area contributed by atoms with E-state index in [1.165, 1.54) is 51.9 Å². The first-order chi connectivity index (χ1) is 14.1. The van der Waals surface area contributed by atoms with Crippen molar-refractivity contribution in [3.05, 3.63) is 89.0 Å². The first-order valence-electron chi connectivity index (χ1n) is 10.8. The van der Waals surface area contributed by atoms with Gasteiger partial charge in [-0.25, -0.2) is 0 Å². The van der Waals surface area contributed by atoms with E-state index in [2.05, 4.69) is 97.7 Å². The van der Waals surface area contributed by atoms with Gasteiger partial charge in [-0.3, -0.25) is 0 Å². The van der Waals surface area contributed by atoms with Crippen molar-refractivity contribution >= 4 is 5.69 Å². The number of aryl methyl sites for hydroxylation is 2. The maximum atomic E-state index is 3.50. The van der Waals surface area contributed by atoms with Crippen molar-refractivity contribution in [2.24, 2.45) is 0 Å². The third kappa shape index (κ3) is 4.54. The molecule has 0 atom stereocenters. The summed E-state index contributed by atoms with van der Waals surface area (Å²) in [5.41, 5.74) is 9.46. The minimum Gasteiger partial charge on any atom is -0.364 e. The minimum atomic E-state index is 0.589. The third-order valence-corrected chi connectivity index (χ3v) is 6.38. The monoisotopic (exact) mass is 384 g/mol. The van der Waals surface area contributed by atoms with Crippen LogP contribution in [0.4, 0.5) is 5.69 Å². The van der Waals surface area contributed by atoms with Crippen LogP contribution in [0.25, 0.3) is 11.1 Å². The van der Waals surface area contributed by atoms with Crippen molar-refractivity contribution in [2.45, 2.75) is 46.2 Å². The number of hydrogen-bond acceptors (Lipinski definition) is 2. The zero-order valence-corrected chi connectivity index (χ0v) is 17.9. The van der Waals surface area contributed by atoms with Crippen molar-refractivity contribution in [1.29, 1.82) is 0 Å². The molecule has 3 aromatic carbocycles. The van der Waals surface area contributed by atoms with Gasteiger partial charge in [-0.2, -0.15) is 0 Å². The molecule has 4 rings (SSSR count). The Kier molecular flexibility index (Phi) is 6.01. The first-order valence-corrected chi connectivity index (χ1v) is 10.8. The lowest BCUT2D eigenvalue weighted by Crippen LogP contribution is -2.43.